The van der Waals surface area contributed by atoms with Gasteiger partial charge < -0.3 is 9.47 Å². The van der Waals surface area contributed by atoms with Gasteiger partial charge in [0.25, 0.3) is 5.56 Å². The van der Waals surface area contributed by atoms with E-state index in [9.17, 15) is 4.79 Å². The lowest BCUT2D eigenvalue weighted by Crippen LogP contribution is -2.22. The van der Waals surface area contributed by atoms with Crippen LogP contribution >= 0.6 is 39.0 Å². The fourth-order valence-electron chi connectivity index (χ4n) is 2.88. The number of benzene rings is 1. The summed E-state index contributed by atoms with van der Waals surface area (Å²) in [6.45, 7) is 6.58. The molecule has 0 saturated heterocycles. The van der Waals surface area contributed by atoms with Gasteiger partial charge in [0, 0.05) is 17.2 Å². The summed E-state index contributed by atoms with van der Waals surface area (Å²) in [5.74, 6) is 1.99. The average molecular weight is 469 g/mol. The summed E-state index contributed by atoms with van der Waals surface area (Å²) < 4.78 is 13.4. The molecular formula is C19H21BrN2O3S2. The van der Waals surface area contributed by atoms with Crippen molar-refractivity contribution in [3.05, 3.63) is 43.0 Å². The minimum atomic E-state index is 0.0400. The number of aromatic nitrogens is 2. The van der Waals surface area contributed by atoms with Crippen molar-refractivity contribution in [1.82, 2.24) is 9.55 Å². The van der Waals surface area contributed by atoms with E-state index in [1.165, 1.54) is 0 Å². The van der Waals surface area contributed by atoms with Crippen LogP contribution in [0.1, 0.15) is 22.9 Å². The van der Waals surface area contributed by atoms with Crippen LogP contribution in [-0.4, -0.2) is 23.8 Å². The van der Waals surface area contributed by atoms with Crippen molar-refractivity contribution >= 4 is 49.2 Å². The second-order valence-corrected chi connectivity index (χ2v) is 8.91. The second kappa shape index (κ2) is 8.24. The van der Waals surface area contributed by atoms with E-state index in [2.05, 4.69) is 15.9 Å². The summed E-state index contributed by atoms with van der Waals surface area (Å²) in [5, 5.41) is 1.48. The molecule has 3 aromatic rings. The highest BCUT2D eigenvalue weighted by Crippen LogP contribution is 2.39. The standard InChI is InChI=1S/C19H21BrN2O3S2/c1-6-22-18(23)14-10(2)11(3)27-17(14)21-19(22)26-9-12-7-8-13(24-4)16(25-5)15(12)20/h7-8H,6,9H2,1-5H3. The van der Waals surface area contributed by atoms with E-state index < -0.39 is 0 Å². The summed E-state index contributed by atoms with van der Waals surface area (Å²) in [6, 6.07) is 3.87. The molecule has 8 heteroatoms. The smallest absolute Gasteiger partial charge is 0.263 e. The second-order valence-electron chi connectivity index (χ2n) is 5.97. The van der Waals surface area contributed by atoms with Crippen molar-refractivity contribution in [1.29, 1.82) is 0 Å². The molecule has 0 unspecified atom stereocenters. The third-order valence-electron chi connectivity index (χ3n) is 4.49. The Kier molecular flexibility index (Phi) is 6.18. The fourth-order valence-corrected chi connectivity index (χ4v) is 5.82. The molecule has 0 radical (unpaired) electrons. The first-order chi connectivity index (χ1) is 12.9. The molecule has 0 bridgehead atoms. The number of nitrogens with zero attached hydrogens (tertiary/aromatic N) is 2. The Morgan fingerprint density at radius 2 is 2.00 bits per heavy atom. The van der Waals surface area contributed by atoms with Crippen molar-refractivity contribution in [2.24, 2.45) is 0 Å². The van der Waals surface area contributed by atoms with Gasteiger partial charge in [-0.15, -0.1) is 11.3 Å². The summed E-state index contributed by atoms with van der Waals surface area (Å²) in [5.41, 5.74) is 2.13. The van der Waals surface area contributed by atoms with Gasteiger partial charge in [-0.2, -0.15) is 0 Å². The number of hydrogen-bond donors (Lipinski definition) is 0. The number of rotatable bonds is 6. The number of ether oxygens (including phenoxy) is 2. The third-order valence-corrected chi connectivity index (χ3v) is 7.49. The van der Waals surface area contributed by atoms with Gasteiger partial charge in [0.05, 0.1) is 24.1 Å². The Bertz CT molecular complexity index is 1060. The highest BCUT2D eigenvalue weighted by atomic mass is 79.9. The first kappa shape index (κ1) is 20.2. The van der Waals surface area contributed by atoms with Gasteiger partial charge in [0.1, 0.15) is 4.83 Å². The lowest BCUT2D eigenvalue weighted by Gasteiger charge is -2.14. The van der Waals surface area contributed by atoms with Gasteiger partial charge in [-0.25, -0.2) is 4.98 Å². The predicted octanol–water partition coefficient (Wildman–Crippen LogP) is 5.17. The monoisotopic (exact) mass is 468 g/mol. The first-order valence-electron chi connectivity index (χ1n) is 8.45. The quantitative estimate of drug-likeness (QED) is 0.369. The van der Waals surface area contributed by atoms with Crippen molar-refractivity contribution < 1.29 is 9.47 Å². The topological polar surface area (TPSA) is 53.4 Å². The van der Waals surface area contributed by atoms with Gasteiger partial charge >= 0.3 is 0 Å². The van der Waals surface area contributed by atoms with Crippen LogP contribution < -0.4 is 15.0 Å². The molecule has 0 N–H and O–H groups in total. The van der Waals surface area contributed by atoms with E-state index in [1.807, 2.05) is 32.9 Å². The number of thiophene rings is 1. The summed E-state index contributed by atoms with van der Waals surface area (Å²) in [7, 11) is 3.23. The van der Waals surface area contributed by atoms with Crippen molar-refractivity contribution in [3.63, 3.8) is 0 Å². The molecule has 144 valence electrons. The minimum absolute atomic E-state index is 0.0400. The van der Waals surface area contributed by atoms with Crippen LogP contribution in [0.25, 0.3) is 10.2 Å². The molecule has 27 heavy (non-hydrogen) atoms. The number of thioether (sulfide) groups is 1. The molecule has 0 aliphatic carbocycles. The van der Waals surface area contributed by atoms with Gasteiger partial charge in [-0.3, -0.25) is 9.36 Å². The Morgan fingerprint density at radius 1 is 1.26 bits per heavy atom. The first-order valence-corrected chi connectivity index (χ1v) is 11.0. The number of fused-ring (bicyclic) bond motifs is 1. The van der Waals surface area contributed by atoms with Gasteiger partial charge in [0.15, 0.2) is 16.7 Å². The zero-order valence-corrected chi connectivity index (χ0v) is 19.1. The molecule has 0 saturated carbocycles. The molecular weight excluding hydrogens is 448 g/mol. The molecule has 2 aromatic heterocycles. The molecule has 0 aliphatic rings. The average Bonchev–Trinajstić information content (AvgIpc) is 2.94. The Balaban J connectivity index is 1.99. The van der Waals surface area contributed by atoms with Crippen LogP contribution in [0.3, 0.4) is 0 Å². The maximum absolute atomic E-state index is 12.9. The number of aryl methyl sites for hydroxylation is 2. The molecule has 0 aliphatic heterocycles. The minimum Gasteiger partial charge on any atom is -0.493 e. The van der Waals surface area contributed by atoms with Crippen LogP contribution in [0, 0.1) is 13.8 Å². The Morgan fingerprint density at radius 3 is 2.63 bits per heavy atom. The lowest BCUT2D eigenvalue weighted by atomic mass is 10.2. The zero-order valence-electron chi connectivity index (χ0n) is 15.9. The molecule has 0 amide bonds. The van der Waals surface area contributed by atoms with Crippen molar-refractivity contribution in [2.45, 2.75) is 38.2 Å². The third kappa shape index (κ3) is 3.62. The number of hydrogen-bond acceptors (Lipinski definition) is 6. The maximum Gasteiger partial charge on any atom is 0.263 e. The van der Waals surface area contributed by atoms with E-state index >= 15 is 0 Å². The van der Waals surface area contributed by atoms with E-state index in [0.29, 0.717) is 23.8 Å². The van der Waals surface area contributed by atoms with Crippen LogP contribution in [0.5, 0.6) is 11.5 Å². The van der Waals surface area contributed by atoms with Crippen LogP contribution in [0.2, 0.25) is 0 Å². The van der Waals surface area contributed by atoms with E-state index in [-0.39, 0.29) is 5.56 Å². The number of methoxy groups -OCH3 is 2. The normalized spacial score (nSPS) is 11.2. The Labute approximate surface area is 174 Å². The van der Waals surface area contributed by atoms with E-state index in [1.54, 1.807) is 41.9 Å². The highest BCUT2D eigenvalue weighted by Gasteiger charge is 2.18. The SMILES string of the molecule is CCn1c(SCc2ccc(OC)c(OC)c2Br)nc2sc(C)c(C)c2c1=O. The summed E-state index contributed by atoms with van der Waals surface area (Å²) >= 11 is 6.73. The fraction of sp³-hybridized carbons (Fsp3) is 0.368. The van der Waals surface area contributed by atoms with Crippen LogP contribution in [-0.2, 0) is 12.3 Å². The van der Waals surface area contributed by atoms with Gasteiger partial charge in [0.2, 0.25) is 0 Å². The molecule has 2 heterocycles. The van der Waals surface area contributed by atoms with Gasteiger partial charge in [-0.05, 0) is 53.9 Å². The Hall–Kier alpha value is -1.51. The lowest BCUT2D eigenvalue weighted by molar-refractivity contribution is 0.353. The van der Waals surface area contributed by atoms with E-state index in [4.69, 9.17) is 14.5 Å². The molecule has 3 rings (SSSR count). The number of halogens is 1. The predicted molar refractivity (Wildman–Crippen MR) is 116 cm³/mol. The van der Waals surface area contributed by atoms with Crippen LogP contribution in [0.4, 0.5) is 0 Å². The van der Waals surface area contributed by atoms with Crippen LogP contribution in [0.15, 0.2) is 26.6 Å². The van der Waals surface area contributed by atoms with E-state index in [0.717, 1.165) is 35.8 Å². The zero-order chi connectivity index (χ0) is 19.7. The summed E-state index contributed by atoms with van der Waals surface area (Å²) in [6.07, 6.45) is 0. The molecule has 0 atom stereocenters. The molecule has 0 fully saturated rings. The van der Waals surface area contributed by atoms with Gasteiger partial charge in [-0.1, -0.05) is 17.8 Å². The van der Waals surface area contributed by atoms with Crippen molar-refractivity contribution in [2.75, 3.05) is 14.2 Å². The highest BCUT2D eigenvalue weighted by molar-refractivity contribution is 9.10. The maximum atomic E-state index is 12.9. The van der Waals surface area contributed by atoms with Crippen molar-refractivity contribution in [3.8, 4) is 11.5 Å². The molecule has 1 aromatic carbocycles. The largest absolute Gasteiger partial charge is 0.493 e. The molecule has 0 spiro atoms. The summed E-state index contributed by atoms with van der Waals surface area (Å²) in [4.78, 5) is 19.7. The molecule has 5 nitrogen and oxygen atoms in total.